The van der Waals surface area contributed by atoms with Crippen LogP contribution in [0.1, 0.15) is 36.2 Å². The Morgan fingerprint density at radius 3 is 2.86 bits per heavy atom. The first kappa shape index (κ1) is 18.7. The number of likely N-dealkylation sites (tertiary alicyclic amines) is 1. The van der Waals surface area contributed by atoms with Crippen LogP contribution in [0.5, 0.6) is 0 Å². The highest BCUT2D eigenvalue weighted by Gasteiger charge is 2.27. The number of pyridine rings is 1. The van der Waals surface area contributed by atoms with Crippen LogP contribution in [-0.2, 0) is 4.79 Å². The molecule has 3 N–H and O–H groups in total. The van der Waals surface area contributed by atoms with E-state index >= 15 is 0 Å². The summed E-state index contributed by atoms with van der Waals surface area (Å²) in [6, 6.07) is 8.92. The molecule has 148 valence electrons. The highest BCUT2D eigenvalue weighted by atomic mass is 16.2. The third kappa shape index (κ3) is 3.94. The van der Waals surface area contributed by atoms with E-state index in [0.717, 1.165) is 37.6 Å². The lowest BCUT2D eigenvalue weighted by Crippen LogP contribution is -2.47. The van der Waals surface area contributed by atoms with Crippen LogP contribution in [0, 0.1) is 5.92 Å². The van der Waals surface area contributed by atoms with Gasteiger partial charge in [-0.2, -0.15) is 0 Å². The van der Waals surface area contributed by atoms with Crippen LogP contribution >= 0.6 is 0 Å². The predicted octanol–water partition coefficient (Wildman–Crippen LogP) is 1.25. The highest BCUT2D eigenvalue weighted by Crippen LogP contribution is 2.19. The summed E-state index contributed by atoms with van der Waals surface area (Å²) < 4.78 is 0. The summed E-state index contributed by atoms with van der Waals surface area (Å²) in [6.07, 6.45) is 3.80. The van der Waals surface area contributed by atoms with Gasteiger partial charge in [-0.3, -0.25) is 14.4 Å². The van der Waals surface area contributed by atoms with Crippen molar-refractivity contribution in [2.75, 3.05) is 26.2 Å². The minimum absolute atomic E-state index is 0.0554. The molecule has 0 aliphatic carbocycles. The molecule has 3 heterocycles. The summed E-state index contributed by atoms with van der Waals surface area (Å²) in [5.41, 5.74) is 0.0786. The van der Waals surface area contributed by atoms with Gasteiger partial charge in [-0.05, 0) is 55.7 Å². The van der Waals surface area contributed by atoms with Gasteiger partial charge in [0, 0.05) is 25.0 Å². The third-order valence-corrected chi connectivity index (χ3v) is 5.73. The van der Waals surface area contributed by atoms with Gasteiger partial charge in [0.05, 0.1) is 6.04 Å². The average Bonchev–Trinajstić information content (AvgIpc) is 3.27. The molecule has 7 nitrogen and oxygen atoms in total. The van der Waals surface area contributed by atoms with Crippen molar-refractivity contribution in [1.29, 1.82) is 0 Å². The molecule has 2 saturated heterocycles. The number of nitrogens with zero attached hydrogens (tertiary/aromatic N) is 1. The van der Waals surface area contributed by atoms with Crippen molar-refractivity contribution in [3.05, 3.63) is 46.4 Å². The van der Waals surface area contributed by atoms with Gasteiger partial charge in [0.25, 0.3) is 11.5 Å². The second-order valence-electron chi connectivity index (χ2n) is 7.75. The Morgan fingerprint density at radius 1 is 1.18 bits per heavy atom. The van der Waals surface area contributed by atoms with E-state index in [1.54, 1.807) is 17.0 Å². The molecule has 0 radical (unpaired) electrons. The molecule has 0 saturated carbocycles. The molecule has 2 aromatic rings. The number of hydrogen-bond donors (Lipinski definition) is 3. The van der Waals surface area contributed by atoms with Crippen LogP contribution < -0.4 is 16.2 Å². The van der Waals surface area contributed by atoms with Crippen LogP contribution in [0.2, 0.25) is 0 Å². The molecule has 0 bridgehead atoms. The number of hydrogen-bond acceptors (Lipinski definition) is 4. The minimum Gasteiger partial charge on any atom is -0.354 e. The Bertz CT molecular complexity index is 933. The van der Waals surface area contributed by atoms with Gasteiger partial charge < -0.3 is 20.5 Å². The van der Waals surface area contributed by atoms with Crippen molar-refractivity contribution in [1.82, 2.24) is 20.5 Å². The number of fused-ring (bicyclic) bond motifs is 1. The molecule has 2 aliphatic rings. The molecule has 2 fully saturated rings. The first-order valence-corrected chi connectivity index (χ1v) is 10.0. The van der Waals surface area contributed by atoms with E-state index < -0.39 is 0 Å². The van der Waals surface area contributed by atoms with E-state index in [0.29, 0.717) is 30.7 Å². The van der Waals surface area contributed by atoms with E-state index in [9.17, 15) is 14.4 Å². The highest BCUT2D eigenvalue weighted by molar-refractivity contribution is 5.96. The lowest BCUT2D eigenvalue weighted by atomic mass is 9.97. The minimum atomic E-state index is -0.244. The number of carbonyl (C=O) groups excluding carboxylic acids is 2. The zero-order valence-electron chi connectivity index (χ0n) is 15.9. The first-order chi connectivity index (χ1) is 13.6. The van der Waals surface area contributed by atoms with Crippen molar-refractivity contribution in [2.45, 2.75) is 31.7 Å². The van der Waals surface area contributed by atoms with E-state index in [1.165, 1.54) is 0 Å². The van der Waals surface area contributed by atoms with Gasteiger partial charge in [0.1, 0.15) is 5.69 Å². The quantitative estimate of drug-likeness (QED) is 0.742. The number of H-pyrrole nitrogens is 1. The van der Waals surface area contributed by atoms with E-state index in [1.807, 2.05) is 18.2 Å². The topological polar surface area (TPSA) is 94.3 Å². The van der Waals surface area contributed by atoms with Crippen LogP contribution in [0.25, 0.3) is 10.8 Å². The second kappa shape index (κ2) is 8.14. The van der Waals surface area contributed by atoms with Crippen molar-refractivity contribution in [3.63, 3.8) is 0 Å². The molecule has 28 heavy (non-hydrogen) atoms. The molecule has 2 unspecified atom stereocenters. The number of rotatable bonds is 4. The normalized spacial score (nSPS) is 22.4. The maximum absolute atomic E-state index is 12.9. The maximum atomic E-state index is 12.9. The fraction of sp³-hybridized carbons (Fsp3) is 0.476. The molecule has 1 aromatic carbocycles. The van der Waals surface area contributed by atoms with Gasteiger partial charge in [-0.15, -0.1) is 0 Å². The number of piperidine rings is 1. The van der Waals surface area contributed by atoms with Crippen molar-refractivity contribution < 1.29 is 9.59 Å². The summed E-state index contributed by atoms with van der Waals surface area (Å²) in [7, 11) is 0. The van der Waals surface area contributed by atoms with Crippen LogP contribution in [-0.4, -0.2) is 53.9 Å². The fourth-order valence-corrected chi connectivity index (χ4v) is 4.19. The zero-order valence-corrected chi connectivity index (χ0v) is 15.9. The van der Waals surface area contributed by atoms with E-state index in [4.69, 9.17) is 0 Å². The van der Waals surface area contributed by atoms with Crippen LogP contribution in [0.3, 0.4) is 0 Å². The predicted molar refractivity (Wildman–Crippen MR) is 107 cm³/mol. The summed E-state index contributed by atoms with van der Waals surface area (Å²) in [6.45, 7) is 2.73. The van der Waals surface area contributed by atoms with Gasteiger partial charge in [0.2, 0.25) is 5.91 Å². The Morgan fingerprint density at radius 2 is 2.04 bits per heavy atom. The SMILES string of the molecule is O=C(NCC1CCCN(C(=O)c2cc3ccccc3c(=O)[nH]2)C1)C1CCCN1. The number of aromatic amines is 1. The molecule has 7 heteroatoms. The Hall–Kier alpha value is -2.67. The molecule has 2 atom stereocenters. The monoisotopic (exact) mass is 382 g/mol. The lowest BCUT2D eigenvalue weighted by Gasteiger charge is -2.33. The molecule has 2 aliphatic heterocycles. The number of benzene rings is 1. The van der Waals surface area contributed by atoms with Crippen LogP contribution in [0.4, 0.5) is 0 Å². The van der Waals surface area contributed by atoms with Crippen molar-refractivity contribution in [2.24, 2.45) is 5.92 Å². The number of amides is 2. The molecular weight excluding hydrogens is 356 g/mol. The van der Waals surface area contributed by atoms with Gasteiger partial charge >= 0.3 is 0 Å². The van der Waals surface area contributed by atoms with Crippen molar-refractivity contribution in [3.8, 4) is 0 Å². The Balaban J connectivity index is 1.40. The molecule has 0 spiro atoms. The Labute approximate surface area is 163 Å². The number of nitrogens with one attached hydrogen (secondary N) is 3. The number of carbonyl (C=O) groups is 2. The maximum Gasteiger partial charge on any atom is 0.270 e. The van der Waals surface area contributed by atoms with E-state index in [-0.39, 0.29) is 29.3 Å². The van der Waals surface area contributed by atoms with Gasteiger partial charge in [-0.25, -0.2) is 0 Å². The van der Waals surface area contributed by atoms with E-state index in [2.05, 4.69) is 15.6 Å². The molecule has 1 aromatic heterocycles. The summed E-state index contributed by atoms with van der Waals surface area (Å²) in [5.74, 6) is 0.131. The average molecular weight is 382 g/mol. The van der Waals surface area contributed by atoms with Gasteiger partial charge in [0.15, 0.2) is 0 Å². The summed E-state index contributed by atoms with van der Waals surface area (Å²) in [4.78, 5) is 41.9. The largest absolute Gasteiger partial charge is 0.354 e. The van der Waals surface area contributed by atoms with Crippen LogP contribution in [0.15, 0.2) is 35.1 Å². The summed E-state index contributed by atoms with van der Waals surface area (Å²) >= 11 is 0. The molecule has 4 rings (SSSR count). The van der Waals surface area contributed by atoms with Crippen molar-refractivity contribution >= 4 is 22.6 Å². The third-order valence-electron chi connectivity index (χ3n) is 5.73. The number of aromatic nitrogens is 1. The standard InChI is InChI=1S/C21H26N4O3/c26-19-16-7-2-1-6-15(16)11-18(24-19)21(28)25-10-4-5-14(13-25)12-23-20(27)17-8-3-9-22-17/h1-2,6-7,11,14,17,22H,3-5,8-10,12-13H2,(H,23,27)(H,24,26). The smallest absolute Gasteiger partial charge is 0.270 e. The first-order valence-electron chi connectivity index (χ1n) is 10.0. The second-order valence-corrected chi connectivity index (χ2v) is 7.75. The summed E-state index contributed by atoms with van der Waals surface area (Å²) in [5, 5.41) is 7.58. The Kier molecular flexibility index (Phi) is 5.43. The van der Waals surface area contributed by atoms with Gasteiger partial charge in [-0.1, -0.05) is 18.2 Å². The lowest BCUT2D eigenvalue weighted by molar-refractivity contribution is -0.123. The zero-order chi connectivity index (χ0) is 19.5. The molecule has 2 amide bonds. The molecular formula is C21H26N4O3. The fourth-order valence-electron chi connectivity index (χ4n) is 4.19.